The van der Waals surface area contributed by atoms with Crippen LogP contribution < -0.4 is 0 Å². The Morgan fingerprint density at radius 1 is 1.54 bits per heavy atom. The highest BCUT2D eigenvalue weighted by Crippen LogP contribution is 2.22. The highest BCUT2D eigenvalue weighted by Gasteiger charge is 2.09. The fraction of sp³-hybridized carbons (Fsp3) is 0.300. The molecule has 0 fully saturated rings. The van der Waals surface area contributed by atoms with Gasteiger partial charge in [-0.15, -0.1) is 11.6 Å². The van der Waals surface area contributed by atoms with E-state index in [1.807, 2.05) is 25.1 Å². The molecule has 0 amide bonds. The van der Waals surface area contributed by atoms with Gasteiger partial charge in [-0.05, 0) is 28.4 Å². The molecule has 1 nitrogen and oxygen atoms in total. The average Bonchev–Trinajstić information content (AvgIpc) is 2.10. The molecule has 0 heterocycles. The van der Waals surface area contributed by atoms with Crippen molar-refractivity contribution in [1.82, 2.24) is 0 Å². The van der Waals surface area contributed by atoms with E-state index in [4.69, 9.17) is 11.6 Å². The van der Waals surface area contributed by atoms with Crippen molar-refractivity contribution in [1.29, 1.82) is 0 Å². The Morgan fingerprint density at radius 2 is 2.23 bits per heavy atom. The molecule has 0 unspecified atom stereocenters. The van der Waals surface area contributed by atoms with Gasteiger partial charge in [-0.25, -0.2) is 0 Å². The van der Waals surface area contributed by atoms with Gasteiger partial charge in [0.15, 0.2) is 5.78 Å². The SMILES string of the molecule is Cc1cccc(C(=O)CCCl)c1Br. The molecule has 0 aromatic heterocycles. The Balaban J connectivity index is 3.01. The summed E-state index contributed by atoms with van der Waals surface area (Å²) in [7, 11) is 0. The lowest BCUT2D eigenvalue weighted by Crippen LogP contribution is -2.01. The van der Waals surface area contributed by atoms with Crippen LogP contribution in [0.2, 0.25) is 0 Å². The number of benzene rings is 1. The lowest BCUT2D eigenvalue weighted by Gasteiger charge is -2.04. The van der Waals surface area contributed by atoms with Crippen molar-refractivity contribution < 1.29 is 4.79 Å². The number of alkyl halides is 1. The molecule has 0 aliphatic heterocycles. The number of hydrogen-bond donors (Lipinski definition) is 0. The monoisotopic (exact) mass is 260 g/mol. The molecule has 0 N–H and O–H groups in total. The van der Waals surface area contributed by atoms with Gasteiger partial charge in [-0.2, -0.15) is 0 Å². The molecule has 70 valence electrons. The molecule has 13 heavy (non-hydrogen) atoms. The molecule has 0 bridgehead atoms. The lowest BCUT2D eigenvalue weighted by molar-refractivity contribution is 0.0988. The quantitative estimate of drug-likeness (QED) is 0.600. The molecule has 0 spiro atoms. The molecule has 0 aliphatic rings. The van der Waals surface area contributed by atoms with Crippen LogP contribution >= 0.6 is 27.5 Å². The number of carbonyl (C=O) groups is 1. The van der Waals surface area contributed by atoms with Gasteiger partial charge in [0.25, 0.3) is 0 Å². The van der Waals surface area contributed by atoms with Crippen molar-refractivity contribution in [2.24, 2.45) is 0 Å². The van der Waals surface area contributed by atoms with Gasteiger partial charge < -0.3 is 0 Å². The van der Waals surface area contributed by atoms with Crippen molar-refractivity contribution in [3.05, 3.63) is 33.8 Å². The topological polar surface area (TPSA) is 17.1 Å². The summed E-state index contributed by atoms with van der Waals surface area (Å²) in [5, 5.41) is 0. The number of hydrogen-bond acceptors (Lipinski definition) is 1. The van der Waals surface area contributed by atoms with E-state index in [0.29, 0.717) is 12.3 Å². The standard InChI is InChI=1S/C10H10BrClO/c1-7-3-2-4-8(10(7)11)9(13)5-6-12/h2-4H,5-6H2,1H3. The third-order valence-corrected chi connectivity index (χ3v) is 3.06. The van der Waals surface area contributed by atoms with E-state index in [2.05, 4.69) is 15.9 Å². The molecule has 0 saturated carbocycles. The summed E-state index contributed by atoms with van der Waals surface area (Å²) in [6, 6.07) is 5.65. The maximum Gasteiger partial charge on any atom is 0.165 e. The van der Waals surface area contributed by atoms with Crippen molar-refractivity contribution in [2.45, 2.75) is 13.3 Å². The first kappa shape index (κ1) is 10.7. The highest BCUT2D eigenvalue weighted by molar-refractivity contribution is 9.10. The minimum atomic E-state index is 0.0885. The molecule has 1 rings (SSSR count). The summed E-state index contributed by atoms with van der Waals surface area (Å²) >= 11 is 8.89. The van der Waals surface area contributed by atoms with E-state index in [0.717, 1.165) is 15.6 Å². The maximum atomic E-state index is 11.5. The number of aryl methyl sites for hydroxylation is 1. The summed E-state index contributed by atoms with van der Waals surface area (Å²) in [5.41, 5.74) is 1.79. The fourth-order valence-electron chi connectivity index (χ4n) is 1.08. The van der Waals surface area contributed by atoms with Crippen molar-refractivity contribution in [3.63, 3.8) is 0 Å². The Hall–Kier alpha value is -0.340. The van der Waals surface area contributed by atoms with Crippen LogP contribution in [0.3, 0.4) is 0 Å². The molecule has 3 heteroatoms. The van der Waals surface area contributed by atoms with Gasteiger partial charge in [0.1, 0.15) is 0 Å². The molecule has 1 aromatic carbocycles. The summed E-state index contributed by atoms with van der Waals surface area (Å²) in [5.74, 6) is 0.463. The first-order valence-electron chi connectivity index (χ1n) is 4.01. The third-order valence-electron chi connectivity index (χ3n) is 1.81. The number of Topliss-reactive ketones (excluding diaryl/α,β-unsaturated/α-hetero) is 1. The Bertz CT molecular complexity index is 323. The number of halogens is 2. The minimum absolute atomic E-state index is 0.0885. The number of ketones is 1. The van der Waals surface area contributed by atoms with Crippen LogP contribution in [0.1, 0.15) is 22.3 Å². The van der Waals surface area contributed by atoms with Gasteiger partial charge in [-0.1, -0.05) is 18.2 Å². The average molecular weight is 262 g/mol. The molecule has 0 atom stereocenters. The molecule has 0 radical (unpaired) electrons. The van der Waals surface area contributed by atoms with Gasteiger partial charge in [0.05, 0.1) is 0 Å². The molecule has 1 aromatic rings. The van der Waals surface area contributed by atoms with Gasteiger partial charge in [-0.3, -0.25) is 4.79 Å². The van der Waals surface area contributed by atoms with Crippen LogP contribution in [0.5, 0.6) is 0 Å². The fourth-order valence-corrected chi connectivity index (χ4v) is 1.74. The summed E-state index contributed by atoms with van der Waals surface area (Å²) in [4.78, 5) is 11.5. The predicted octanol–water partition coefficient (Wildman–Crippen LogP) is 3.57. The molecular formula is C10H10BrClO. The van der Waals surface area contributed by atoms with Crippen LogP contribution in [0.4, 0.5) is 0 Å². The normalized spacial score (nSPS) is 10.1. The second-order valence-corrected chi connectivity index (χ2v) is 3.97. The zero-order valence-corrected chi connectivity index (χ0v) is 9.65. The van der Waals surface area contributed by atoms with E-state index in [1.54, 1.807) is 0 Å². The van der Waals surface area contributed by atoms with Crippen LogP contribution in [-0.2, 0) is 0 Å². The first-order valence-corrected chi connectivity index (χ1v) is 5.34. The molecule has 0 aliphatic carbocycles. The van der Waals surface area contributed by atoms with Crippen LogP contribution in [-0.4, -0.2) is 11.7 Å². The van der Waals surface area contributed by atoms with Gasteiger partial charge in [0, 0.05) is 22.3 Å². The molecule has 0 saturated heterocycles. The Labute approximate surface area is 91.2 Å². The largest absolute Gasteiger partial charge is 0.294 e. The predicted molar refractivity (Wildman–Crippen MR) is 58.5 cm³/mol. The Kier molecular flexibility index (Phi) is 3.94. The minimum Gasteiger partial charge on any atom is -0.294 e. The zero-order valence-electron chi connectivity index (χ0n) is 7.31. The van der Waals surface area contributed by atoms with E-state index in [1.165, 1.54) is 0 Å². The first-order chi connectivity index (χ1) is 6.16. The third kappa shape index (κ3) is 2.55. The zero-order chi connectivity index (χ0) is 9.84. The van der Waals surface area contributed by atoms with Crippen LogP contribution in [0.25, 0.3) is 0 Å². The Morgan fingerprint density at radius 3 is 2.85 bits per heavy atom. The highest BCUT2D eigenvalue weighted by atomic mass is 79.9. The summed E-state index contributed by atoms with van der Waals surface area (Å²) in [6.07, 6.45) is 0.392. The van der Waals surface area contributed by atoms with Crippen LogP contribution in [0.15, 0.2) is 22.7 Å². The second-order valence-electron chi connectivity index (χ2n) is 2.80. The van der Waals surface area contributed by atoms with E-state index < -0.39 is 0 Å². The lowest BCUT2D eigenvalue weighted by atomic mass is 10.1. The summed E-state index contributed by atoms with van der Waals surface area (Å²) < 4.78 is 0.880. The van der Waals surface area contributed by atoms with Gasteiger partial charge >= 0.3 is 0 Å². The summed E-state index contributed by atoms with van der Waals surface area (Å²) in [6.45, 7) is 1.96. The van der Waals surface area contributed by atoms with Crippen molar-refractivity contribution in [2.75, 3.05) is 5.88 Å². The van der Waals surface area contributed by atoms with E-state index in [-0.39, 0.29) is 5.78 Å². The second kappa shape index (κ2) is 4.77. The van der Waals surface area contributed by atoms with E-state index in [9.17, 15) is 4.79 Å². The number of carbonyl (C=O) groups excluding carboxylic acids is 1. The van der Waals surface area contributed by atoms with Crippen LogP contribution in [0, 0.1) is 6.92 Å². The maximum absolute atomic E-state index is 11.5. The smallest absolute Gasteiger partial charge is 0.165 e. The number of rotatable bonds is 3. The van der Waals surface area contributed by atoms with Crippen molar-refractivity contribution >= 4 is 33.3 Å². The van der Waals surface area contributed by atoms with Gasteiger partial charge in [0.2, 0.25) is 0 Å². The van der Waals surface area contributed by atoms with Crippen molar-refractivity contribution in [3.8, 4) is 0 Å². The molecular weight excluding hydrogens is 251 g/mol. The van der Waals surface area contributed by atoms with E-state index >= 15 is 0 Å².